The van der Waals surface area contributed by atoms with Gasteiger partial charge in [-0.15, -0.1) is 0 Å². The number of hydrogen-bond donors (Lipinski definition) is 3. The Kier molecular flexibility index (Phi) is 51.5. The zero-order valence-electron chi connectivity index (χ0n) is 50.7. The molecule has 17 nitrogen and oxygen atoms in total. The molecule has 0 fully saturated rings. The summed E-state index contributed by atoms with van der Waals surface area (Å²) in [6, 6.07) is 0. The van der Waals surface area contributed by atoms with Crippen LogP contribution in [0.2, 0.25) is 0 Å². The first-order chi connectivity index (χ1) is 37.9. The zero-order valence-corrected chi connectivity index (χ0v) is 52.4. The van der Waals surface area contributed by atoms with Gasteiger partial charge in [0, 0.05) is 25.7 Å². The highest BCUT2D eigenvalue weighted by molar-refractivity contribution is 7.47. The van der Waals surface area contributed by atoms with E-state index < -0.39 is 97.5 Å². The Morgan fingerprint density at radius 3 is 0.861 bits per heavy atom. The van der Waals surface area contributed by atoms with E-state index in [-0.39, 0.29) is 25.7 Å². The fraction of sp³-hybridized carbons (Fsp3) is 0.933. The zero-order chi connectivity index (χ0) is 58.7. The number of esters is 4. The number of rotatable bonds is 59. The normalized spacial score (nSPS) is 14.4. The average Bonchev–Trinajstić information content (AvgIpc) is 3.40. The smallest absolute Gasteiger partial charge is 0.462 e. The van der Waals surface area contributed by atoms with Gasteiger partial charge in [0.05, 0.1) is 26.4 Å². The number of carbonyl (C=O) groups is 4. The molecule has 0 spiro atoms. The quantitative estimate of drug-likeness (QED) is 0.0222. The Morgan fingerprint density at radius 1 is 0.342 bits per heavy atom. The largest absolute Gasteiger partial charge is 0.472 e. The van der Waals surface area contributed by atoms with Gasteiger partial charge in [-0.05, 0) is 37.5 Å². The number of ether oxygens (including phenoxy) is 4. The van der Waals surface area contributed by atoms with Crippen LogP contribution in [-0.4, -0.2) is 96.7 Å². The van der Waals surface area contributed by atoms with Gasteiger partial charge in [0.2, 0.25) is 0 Å². The summed E-state index contributed by atoms with van der Waals surface area (Å²) in [5.74, 6) is -0.740. The molecule has 0 aromatic carbocycles. The number of hydrogen-bond acceptors (Lipinski definition) is 15. The fourth-order valence-electron chi connectivity index (χ4n) is 8.82. The molecule has 2 unspecified atom stereocenters. The van der Waals surface area contributed by atoms with Gasteiger partial charge >= 0.3 is 39.5 Å². The van der Waals surface area contributed by atoms with Crippen LogP contribution in [0.5, 0.6) is 0 Å². The van der Waals surface area contributed by atoms with Gasteiger partial charge in [-0.3, -0.25) is 37.3 Å². The SMILES string of the molecule is CCCCCCCCCCCCC(=O)OC[C@H](COP(=O)(O)OC[C@@H](O)COP(=O)(O)OC[C@@H](COC(=O)CCCCCCCCCC)OC(=O)CCCCCCCCC(C)C)OC(=O)CCCCCCCCCCCC(C)C. The third-order valence-electron chi connectivity index (χ3n) is 13.7. The first-order valence-electron chi connectivity index (χ1n) is 31.5. The number of phosphoric ester groups is 2. The van der Waals surface area contributed by atoms with Crippen LogP contribution < -0.4 is 0 Å². The number of unbranched alkanes of at least 4 members (excludes halogenated alkanes) is 29. The van der Waals surface area contributed by atoms with E-state index >= 15 is 0 Å². The van der Waals surface area contributed by atoms with Crippen molar-refractivity contribution in [3.63, 3.8) is 0 Å². The fourth-order valence-corrected chi connectivity index (χ4v) is 10.4. The predicted octanol–water partition coefficient (Wildman–Crippen LogP) is 16.1. The Labute approximate surface area is 479 Å². The molecule has 0 aromatic heterocycles. The molecule has 0 aliphatic carbocycles. The number of phosphoric acid groups is 2. The summed E-state index contributed by atoms with van der Waals surface area (Å²) in [4.78, 5) is 71.9. The second-order valence-corrected chi connectivity index (χ2v) is 25.6. The van der Waals surface area contributed by atoms with Crippen molar-refractivity contribution < 1.29 is 80.2 Å². The first kappa shape index (κ1) is 77.1. The maximum atomic E-state index is 12.9. The molecule has 79 heavy (non-hydrogen) atoms. The molecule has 468 valence electrons. The highest BCUT2D eigenvalue weighted by Crippen LogP contribution is 2.45. The lowest BCUT2D eigenvalue weighted by atomic mass is 10.0. The molecular formula is C60H116O17P2. The van der Waals surface area contributed by atoms with E-state index in [2.05, 4.69) is 41.5 Å². The van der Waals surface area contributed by atoms with Gasteiger partial charge in [-0.2, -0.15) is 0 Å². The molecule has 0 aliphatic rings. The molecule has 5 atom stereocenters. The summed E-state index contributed by atoms with van der Waals surface area (Å²) in [6.07, 6.45) is 33.6. The van der Waals surface area contributed by atoms with Crippen LogP contribution in [-0.2, 0) is 65.4 Å². The Morgan fingerprint density at radius 2 is 0.582 bits per heavy atom. The van der Waals surface area contributed by atoms with Crippen LogP contribution in [0.15, 0.2) is 0 Å². The molecule has 0 amide bonds. The third-order valence-corrected chi connectivity index (χ3v) is 15.6. The van der Waals surface area contributed by atoms with Crippen LogP contribution in [0, 0.1) is 11.8 Å². The van der Waals surface area contributed by atoms with Gasteiger partial charge in [-0.25, -0.2) is 9.13 Å². The topological polar surface area (TPSA) is 237 Å². The molecule has 0 aliphatic heterocycles. The van der Waals surface area contributed by atoms with Crippen LogP contribution in [0.1, 0.15) is 292 Å². The minimum atomic E-state index is -4.94. The van der Waals surface area contributed by atoms with E-state index in [1.165, 1.54) is 103 Å². The molecule has 0 radical (unpaired) electrons. The summed E-state index contributed by atoms with van der Waals surface area (Å²) in [6.45, 7) is 9.31. The highest BCUT2D eigenvalue weighted by Gasteiger charge is 2.30. The second-order valence-electron chi connectivity index (χ2n) is 22.7. The predicted molar refractivity (Wildman–Crippen MR) is 312 cm³/mol. The standard InChI is InChI=1S/C60H116O17P2/c1-7-9-11-13-15-17-20-24-31-37-43-58(63)71-48-55(76-59(64)44-38-32-25-21-18-19-22-28-34-40-52(3)4)50-74-78(66,67)72-46-54(61)47-73-79(68,69)75-51-56(49-70-57(62)42-36-30-23-16-14-12-10-8-2)77-60(65)45-39-33-27-26-29-35-41-53(5)6/h52-56,61H,7-51H2,1-6H3,(H,66,67)(H,68,69)/t54-,55-,56-/m1/s1. The summed E-state index contributed by atoms with van der Waals surface area (Å²) in [7, 11) is -9.87. The average molecular weight is 1170 g/mol. The third kappa shape index (κ3) is 55.0. The lowest BCUT2D eigenvalue weighted by Gasteiger charge is -2.21. The molecule has 0 aromatic rings. The van der Waals surface area contributed by atoms with Crippen molar-refractivity contribution in [2.45, 2.75) is 310 Å². The molecule has 0 bridgehead atoms. The van der Waals surface area contributed by atoms with Gasteiger partial charge < -0.3 is 33.8 Å². The molecular weight excluding hydrogens is 1050 g/mol. The maximum Gasteiger partial charge on any atom is 0.472 e. The highest BCUT2D eigenvalue weighted by atomic mass is 31.2. The second kappa shape index (κ2) is 52.8. The van der Waals surface area contributed by atoms with Gasteiger partial charge in [0.25, 0.3) is 0 Å². The molecule has 0 heterocycles. The number of aliphatic hydroxyl groups excluding tert-OH is 1. The van der Waals surface area contributed by atoms with Crippen molar-refractivity contribution in [3.05, 3.63) is 0 Å². The van der Waals surface area contributed by atoms with E-state index in [1.54, 1.807) is 0 Å². The van der Waals surface area contributed by atoms with Crippen LogP contribution in [0.3, 0.4) is 0 Å². The van der Waals surface area contributed by atoms with E-state index in [9.17, 15) is 43.2 Å². The van der Waals surface area contributed by atoms with E-state index in [4.69, 9.17) is 37.0 Å². The van der Waals surface area contributed by atoms with Gasteiger partial charge in [0.15, 0.2) is 12.2 Å². The molecule has 19 heteroatoms. The van der Waals surface area contributed by atoms with Crippen molar-refractivity contribution in [2.24, 2.45) is 11.8 Å². The van der Waals surface area contributed by atoms with Crippen molar-refractivity contribution in [1.82, 2.24) is 0 Å². The lowest BCUT2D eigenvalue weighted by molar-refractivity contribution is -0.161. The van der Waals surface area contributed by atoms with Crippen molar-refractivity contribution in [1.29, 1.82) is 0 Å². The summed E-state index contributed by atoms with van der Waals surface area (Å²) >= 11 is 0. The van der Waals surface area contributed by atoms with Crippen molar-refractivity contribution in [3.8, 4) is 0 Å². The van der Waals surface area contributed by atoms with Crippen molar-refractivity contribution >= 4 is 39.5 Å². The summed E-state index contributed by atoms with van der Waals surface area (Å²) < 4.78 is 67.7. The minimum absolute atomic E-state index is 0.102. The Hall–Kier alpha value is -1.94. The van der Waals surface area contributed by atoms with E-state index in [0.717, 1.165) is 102 Å². The van der Waals surface area contributed by atoms with E-state index in [0.29, 0.717) is 31.6 Å². The maximum absolute atomic E-state index is 12.9. The van der Waals surface area contributed by atoms with Crippen LogP contribution in [0.25, 0.3) is 0 Å². The Balaban J connectivity index is 5.23. The van der Waals surface area contributed by atoms with E-state index in [1.807, 2.05) is 0 Å². The van der Waals surface area contributed by atoms with Crippen LogP contribution >= 0.6 is 15.6 Å². The van der Waals surface area contributed by atoms with Gasteiger partial charge in [-0.1, -0.05) is 241 Å². The molecule has 0 rings (SSSR count). The summed E-state index contributed by atoms with van der Waals surface area (Å²) in [5.41, 5.74) is 0. The van der Waals surface area contributed by atoms with Gasteiger partial charge in [0.1, 0.15) is 19.3 Å². The number of aliphatic hydroxyl groups is 1. The molecule has 0 saturated carbocycles. The summed E-state index contributed by atoms with van der Waals surface area (Å²) in [5, 5.41) is 10.5. The van der Waals surface area contributed by atoms with Crippen LogP contribution in [0.4, 0.5) is 0 Å². The molecule has 0 saturated heterocycles. The molecule has 3 N–H and O–H groups in total. The van der Waals surface area contributed by atoms with Crippen molar-refractivity contribution in [2.75, 3.05) is 39.6 Å². The Bertz CT molecular complexity index is 1560. The number of carbonyl (C=O) groups excluding carboxylic acids is 4. The minimum Gasteiger partial charge on any atom is -0.462 e. The first-order valence-corrected chi connectivity index (χ1v) is 34.5. The lowest BCUT2D eigenvalue weighted by Crippen LogP contribution is -2.30. The monoisotopic (exact) mass is 1170 g/mol.